The predicted molar refractivity (Wildman–Crippen MR) is 57.4 cm³/mol. The van der Waals surface area contributed by atoms with Crippen LogP contribution in [0.3, 0.4) is 0 Å². The Morgan fingerprint density at radius 2 is 1.94 bits per heavy atom. The minimum atomic E-state index is -4.87. The summed E-state index contributed by atoms with van der Waals surface area (Å²) in [6, 6.07) is 0. The number of alkyl halides is 3. The van der Waals surface area contributed by atoms with E-state index in [1.165, 1.54) is 13.8 Å². The third-order valence-electron chi connectivity index (χ3n) is 3.13. The highest BCUT2D eigenvalue weighted by atomic mass is 19.4. The standard InChI is InChI=1S/C10H16F3N3O2/c1-8(2)6(17)15-4-5-16(8)7(18)9(3,14)10(11,12)13/h4-5,14H2,1-3H3,(H,15,17). The van der Waals surface area contributed by atoms with E-state index < -0.39 is 29.1 Å². The Labute approximate surface area is 102 Å². The van der Waals surface area contributed by atoms with Crippen molar-refractivity contribution in [3.8, 4) is 0 Å². The predicted octanol–water partition coefficient (Wildman–Crippen LogP) is 0.00310. The van der Waals surface area contributed by atoms with E-state index >= 15 is 0 Å². The Morgan fingerprint density at radius 1 is 1.44 bits per heavy atom. The van der Waals surface area contributed by atoms with Crippen LogP contribution in [-0.2, 0) is 9.59 Å². The number of halogens is 3. The number of nitrogens with one attached hydrogen (secondary N) is 1. The molecule has 1 aliphatic heterocycles. The van der Waals surface area contributed by atoms with Gasteiger partial charge in [0.25, 0.3) is 5.91 Å². The van der Waals surface area contributed by atoms with Gasteiger partial charge in [-0.05, 0) is 20.8 Å². The van der Waals surface area contributed by atoms with Crippen LogP contribution in [0.1, 0.15) is 20.8 Å². The van der Waals surface area contributed by atoms with Crippen LogP contribution < -0.4 is 11.1 Å². The second-order valence-corrected chi connectivity index (χ2v) is 4.97. The maximum Gasteiger partial charge on any atom is 0.415 e. The van der Waals surface area contributed by atoms with Gasteiger partial charge in [0.2, 0.25) is 5.91 Å². The molecule has 0 aliphatic carbocycles. The molecule has 5 nitrogen and oxygen atoms in total. The Kier molecular flexibility index (Phi) is 3.37. The van der Waals surface area contributed by atoms with Crippen molar-refractivity contribution in [2.45, 2.75) is 38.0 Å². The quantitative estimate of drug-likeness (QED) is 0.702. The smallest absolute Gasteiger partial charge is 0.352 e. The number of amides is 2. The van der Waals surface area contributed by atoms with Gasteiger partial charge in [-0.3, -0.25) is 9.59 Å². The maximum atomic E-state index is 12.7. The summed E-state index contributed by atoms with van der Waals surface area (Å²) in [5.74, 6) is -1.80. The Hall–Kier alpha value is -1.31. The molecule has 1 heterocycles. The van der Waals surface area contributed by atoms with Crippen LogP contribution >= 0.6 is 0 Å². The first kappa shape index (κ1) is 14.7. The number of rotatable bonds is 1. The molecule has 8 heteroatoms. The summed E-state index contributed by atoms with van der Waals surface area (Å²) in [6.45, 7) is 3.48. The molecule has 0 saturated carbocycles. The van der Waals surface area contributed by atoms with E-state index in [4.69, 9.17) is 5.73 Å². The highest BCUT2D eigenvalue weighted by Gasteiger charge is 2.58. The number of piperazine rings is 1. The summed E-state index contributed by atoms with van der Waals surface area (Å²) in [6.07, 6.45) is -4.87. The lowest BCUT2D eigenvalue weighted by atomic mass is 9.93. The van der Waals surface area contributed by atoms with Crippen molar-refractivity contribution in [3.63, 3.8) is 0 Å². The molecule has 1 rings (SSSR count). The fourth-order valence-corrected chi connectivity index (χ4v) is 1.66. The van der Waals surface area contributed by atoms with E-state index in [1.807, 2.05) is 0 Å². The first-order chi connectivity index (χ1) is 7.92. The van der Waals surface area contributed by atoms with E-state index in [-0.39, 0.29) is 13.1 Å². The molecule has 0 aromatic carbocycles. The van der Waals surface area contributed by atoms with Crippen LogP contribution in [0.25, 0.3) is 0 Å². The van der Waals surface area contributed by atoms with Crippen molar-refractivity contribution in [2.75, 3.05) is 13.1 Å². The minimum absolute atomic E-state index is 0.000440. The number of carbonyl (C=O) groups excluding carboxylic acids is 2. The zero-order valence-corrected chi connectivity index (χ0v) is 10.4. The van der Waals surface area contributed by atoms with Gasteiger partial charge >= 0.3 is 6.18 Å². The normalized spacial score (nSPS) is 23.3. The van der Waals surface area contributed by atoms with Crippen molar-refractivity contribution in [1.82, 2.24) is 10.2 Å². The number of hydrogen-bond acceptors (Lipinski definition) is 3. The average molecular weight is 267 g/mol. The number of nitrogens with zero attached hydrogens (tertiary/aromatic N) is 1. The zero-order valence-electron chi connectivity index (χ0n) is 10.4. The molecular weight excluding hydrogens is 251 g/mol. The molecule has 1 saturated heterocycles. The van der Waals surface area contributed by atoms with Gasteiger partial charge in [0.1, 0.15) is 5.54 Å². The lowest BCUT2D eigenvalue weighted by Gasteiger charge is -2.44. The van der Waals surface area contributed by atoms with Crippen LogP contribution in [0, 0.1) is 0 Å². The third-order valence-corrected chi connectivity index (χ3v) is 3.13. The first-order valence-electron chi connectivity index (χ1n) is 5.38. The Morgan fingerprint density at radius 3 is 2.39 bits per heavy atom. The molecule has 1 atom stereocenters. The minimum Gasteiger partial charge on any atom is -0.352 e. The second-order valence-electron chi connectivity index (χ2n) is 4.97. The first-order valence-corrected chi connectivity index (χ1v) is 5.38. The van der Waals surface area contributed by atoms with E-state index in [1.54, 1.807) is 0 Å². The summed E-state index contributed by atoms with van der Waals surface area (Å²) in [4.78, 5) is 24.4. The summed E-state index contributed by atoms with van der Waals surface area (Å²) in [5.41, 5.74) is 0.743. The van der Waals surface area contributed by atoms with Crippen LogP contribution in [-0.4, -0.2) is 47.1 Å². The fraction of sp³-hybridized carbons (Fsp3) is 0.800. The van der Waals surface area contributed by atoms with Crippen molar-refractivity contribution in [3.05, 3.63) is 0 Å². The van der Waals surface area contributed by atoms with Gasteiger partial charge in [0.15, 0.2) is 5.54 Å². The molecule has 18 heavy (non-hydrogen) atoms. The van der Waals surface area contributed by atoms with E-state index in [0.29, 0.717) is 6.92 Å². The molecule has 1 unspecified atom stereocenters. The van der Waals surface area contributed by atoms with Gasteiger partial charge in [-0.2, -0.15) is 13.2 Å². The summed E-state index contributed by atoms with van der Waals surface area (Å²) in [5, 5.41) is 2.49. The summed E-state index contributed by atoms with van der Waals surface area (Å²) in [7, 11) is 0. The molecule has 0 aromatic heterocycles. The van der Waals surface area contributed by atoms with Gasteiger partial charge in [0.05, 0.1) is 0 Å². The summed E-state index contributed by atoms with van der Waals surface area (Å²) < 4.78 is 38.1. The maximum absolute atomic E-state index is 12.7. The van der Waals surface area contributed by atoms with Gasteiger partial charge in [-0.15, -0.1) is 0 Å². The van der Waals surface area contributed by atoms with E-state index in [0.717, 1.165) is 4.90 Å². The fourth-order valence-electron chi connectivity index (χ4n) is 1.66. The van der Waals surface area contributed by atoms with Gasteiger partial charge < -0.3 is 16.0 Å². The largest absolute Gasteiger partial charge is 0.415 e. The SMILES string of the molecule is CC1(C)C(=O)NCCN1C(=O)C(C)(N)C(F)(F)F. The molecule has 0 radical (unpaired) electrons. The highest BCUT2D eigenvalue weighted by molar-refractivity contribution is 5.95. The van der Waals surface area contributed by atoms with Crippen LogP contribution in [0.5, 0.6) is 0 Å². The third kappa shape index (κ3) is 2.16. The lowest BCUT2D eigenvalue weighted by Crippen LogP contribution is -2.71. The number of nitrogens with two attached hydrogens (primary N) is 1. The summed E-state index contributed by atoms with van der Waals surface area (Å²) >= 11 is 0. The molecule has 0 bridgehead atoms. The highest BCUT2D eigenvalue weighted by Crippen LogP contribution is 2.32. The molecule has 2 amide bonds. The van der Waals surface area contributed by atoms with Crippen molar-refractivity contribution in [1.29, 1.82) is 0 Å². The topological polar surface area (TPSA) is 75.4 Å². The second kappa shape index (κ2) is 4.11. The molecule has 3 N–H and O–H groups in total. The van der Waals surface area contributed by atoms with Crippen LogP contribution in [0.15, 0.2) is 0 Å². The van der Waals surface area contributed by atoms with Gasteiger partial charge in [-0.1, -0.05) is 0 Å². The van der Waals surface area contributed by atoms with E-state index in [2.05, 4.69) is 5.32 Å². The van der Waals surface area contributed by atoms with Crippen LogP contribution in [0.4, 0.5) is 13.2 Å². The molecule has 0 aromatic rings. The average Bonchev–Trinajstić information content (AvgIpc) is 2.19. The van der Waals surface area contributed by atoms with E-state index in [9.17, 15) is 22.8 Å². The van der Waals surface area contributed by atoms with Crippen molar-refractivity contribution >= 4 is 11.8 Å². The van der Waals surface area contributed by atoms with Crippen molar-refractivity contribution in [2.24, 2.45) is 5.73 Å². The Bertz CT molecular complexity index is 377. The number of carbonyl (C=O) groups is 2. The Balaban J connectivity index is 3.07. The van der Waals surface area contributed by atoms with Crippen molar-refractivity contribution < 1.29 is 22.8 Å². The molecule has 1 aliphatic rings. The van der Waals surface area contributed by atoms with Gasteiger partial charge in [0, 0.05) is 13.1 Å². The number of hydrogen-bond donors (Lipinski definition) is 2. The van der Waals surface area contributed by atoms with Crippen LogP contribution in [0.2, 0.25) is 0 Å². The molecule has 104 valence electrons. The molecular formula is C10H16F3N3O2. The molecule has 0 spiro atoms. The molecule has 1 fully saturated rings. The zero-order chi connectivity index (χ0) is 14.4. The monoisotopic (exact) mass is 267 g/mol. The van der Waals surface area contributed by atoms with Gasteiger partial charge in [-0.25, -0.2) is 0 Å². The lowest BCUT2D eigenvalue weighted by molar-refractivity contribution is -0.198.